The van der Waals surface area contributed by atoms with E-state index in [-0.39, 0.29) is 5.91 Å². The molecule has 0 aliphatic carbocycles. The van der Waals surface area contributed by atoms with E-state index in [2.05, 4.69) is 10.1 Å². The fourth-order valence-corrected chi connectivity index (χ4v) is 4.57. The molecule has 5 rings (SSSR count). The predicted molar refractivity (Wildman–Crippen MR) is 112 cm³/mol. The molecule has 0 atom stereocenters. The summed E-state index contributed by atoms with van der Waals surface area (Å²) in [5.74, 6) is 0.767. The van der Waals surface area contributed by atoms with Gasteiger partial charge in [-0.05, 0) is 31.7 Å². The Morgan fingerprint density at radius 1 is 1.17 bits per heavy atom. The summed E-state index contributed by atoms with van der Waals surface area (Å²) in [4.78, 5) is 24.5. The lowest BCUT2D eigenvalue weighted by Gasteiger charge is -2.44. The van der Waals surface area contributed by atoms with Crippen LogP contribution < -0.4 is 0 Å². The van der Waals surface area contributed by atoms with E-state index in [1.54, 1.807) is 10.9 Å². The van der Waals surface area contributed by atoms with Gasteiger partial charge in [0.05, 0.1) is 23.6 Å². The molecule has 0 unspecified atom stereocenters. The first-order chi connectivity index (χ1) is 14.6. The summed E-state index contributed by atoms with van der Waals surface area (Å²) in [5, 5.41) is 4.31. The van der Waals surface area contributed by atoms with E-state index in [4.69, 9.17) is 9.72 Å². The molecule has 0 bridgehead atoms. The van der Waals surface area contributed by atoms with Crippen LogP contribution >= 0.6 is 0 Å². The first-order valence-electron chi connectivity index (χ1n) is 10.4. The molecule has 1 aromatic carbocycles. The Kier molecular flexibility index (Phi) is 4.62. The standard InChI is InChI=1S/C23H25N5O2/c1-16-19(15-27(2)26-16)22(29)28-11-9-23(10-12-28)20-18(8-13-30-23)14-24-21(25-20)17-6-4-3-5-7-17/h3-7,14-15H,8-13H2,1-2H3. The van der Waals surface area contributed by atoms with E-state index in [1.807, 2.05) is 55.4 Å². The minimum atomic E-state index is -0.444. The molecule has 154 valence electrons. The van der Waals surface area contributed by atoms with Gasteiger partial charge in [0.25, 0.3) is 5.91 Å². The molecule has 1 spiro atoms. The number of nitrogens with zero attached hydrogens (tertiary/aromatic N) is 5. The van der Waals surface area contributed by atoms with Crippen molar-refractivity contribution in [1.29, 1.82) is 0 Å². The van der Waals surface area contributed by atoms with Crippen LogP contribution in [0.3, 0.4) is 0 Å². The summed E-state index contributed by atoms with van der Waals surface area (Å²) in [5.41, 5.74) is 4.15. The van der Waals surface area contributed by atoms with E-state index >= 15 is 0 Å². The summed E-state index contributed by atoms with van der Waals surface area (Å²) in [6.45, 7) is 3.81. The van der Waals surface area contributed by atoms with Gasteiger partial charge in [-0.2, -0.15) is 5.10 Å². The van der Waals surface area contributed by atoms with Crippen molar-refractivity contribution in [2.24, 2.45) is 7.05 Å². The minimum absolute atomic E-state index is 0.0409. The van der Waals surface area contributed by atoms with E-state index in [9.17, 15) is 4.79 Å². The molecule has 2 aliphatic heterocycles. The van der Waals surface area contributed by atoms with E-state index in [0.29, 0.717) is 25.3 Å². The topological polar surface area (TPSA) is 73.1 Å². The molecule has 0 N–H and O–H groups in total. The number of benzene rings is 1. The largest absolute Gasteiger partial charge is 0.368 e. The predicted octanol–water partition coefficient (Wildman–Crippen LogP) is 2.89. The minimum Gasteiger partial charge on any atom is -0.368 e. The smallest absolute Gasteiger partial charge is 0.257 e. The fraction of sp³-hybridized carbons (Fsp3) is 0.391. The van der Waals surface area contributed by atoms with Crippen LogP contribution in [0.4, 0.5) is 0 Å². The molecule has 2 aliphatic rings. The molecule has 1 fully saturated rings. The van der Waals surface area contributed by atoms with Crippen LogP contribution in [0.25, 0.3) is 11.4 Å². The van der Waals surface area contributed by atoms with E-state index < -0.39 is 5.60 Å². The molecule has 30 heavy (non-hydrogen) atoms. The van der Waals surface area contributed by atoms with Crippen LogP contribution in [-0.4, -0.2) is 50.3 Å². The number of carbonyl (C=O) groups excluding carboxylic acids is 1. The summed E-state index contributed by atoms with van der Waals surface area (Å²) in [6.07, 6.45) is 6.04. The number of amides is 1. The van der Waals surface area contributed by atoms with Crippen LogP contribution in [0.15, 0.2) is 42.7 Å². The van der Waals surface area contributed by atoms with Crippen molar-refractivity contribution in [3.8, 4) is 11.4 Å². The zero-order valence-electron chi connectivity index (χ0n) is 17.3. The number of hydrogen-bond donors (Lipinski definition) is 0. The molecular formula is C23H25N5O2. The average molecular weight is 403 g/mol. The van der Waals surface area contributed by atoms with Crippen molar-refractivity contribution in [3.63, 3.8) is 0 Å². The first kappa shape index (κ1) is 18.9. The number of carbonyl (C=O) groups is 1. The average Bonchev–Trinajstić information content (AvgIpc) is 3.12. The molecule has 7 heteroatoms. The number of aryl methyl sites for hydroxylation is 2. The second kappa shape index (κ2) is 7.32. The maximum atomic E-state index is 13.0. The van der Waals surface area contributed by atoms with Gasteiger partial charge in [0, 0.05) is 38.1 Å². The van der Waals surface area contributed by atoms with Crippen molar-refractivity contribution < 1.29 is 9.53 Å². The highest BCUT2D eigenvalue weighted by molar-refractivity contribution is 5.95. The summed E-state index contributed by atoms with van der Waals surface area (Å²) >= 11 is 0. The quantitative estimate of drug-likeness (QED) is 0.658. The number of hydrogen-bond acceptors (Lipinski definition) is 5. The Morgan fingerprint density at radius 3 is 2.63 bits per heavy atom. The van der Waals surface area contributed by atoms with Gasteiger partial charge in [0.15, 0.2) is 5.82 Å². The Morgan fingerprint density at radius 2 is 1.93 bits per heavy atom. The van der Waals surface area contributed by atoms with Crippen molar-refractivity contribution in [2.45, 2.75) is 31.8 Å². The maximum Gasteiger partial charge on any atom is 0.257 e. The molecule has 2 aromatic heterocycles. The van der Waals surface area contributed by atoms with Crippen LogP contribution in [0, 0.1) is 6.92 Å². The lowest BCUT2D eigenvalue weighted by atomic mass is 9.83. The molecule has 1 saturated heterocycles. The summed E-state index contributed by atoms with van der Waals surface area (Å²) in [7, 11) is 1.84. The Hall–Kier alpha value is -3.06. The first-order valence-corrected chi connectivity index (χ1v) is 10.4. The number of rotatable bonds is 2. The number of aromatic nitrogens is 4. The van der Waals surface area contributed by atoms with Crippen LogP contribution in [-0.2, 0) is 23.8 Å². The van der Waals surface area contributed by atoms with Gasteiger partial charge in [-0.15, -0.1) is 0 Å². The number of fused-ring (bicyclic) bond motifs is 2. The Bertz CT molecular complexity index is 1080. The van der Waals surface area contributed by atoms with Crippen molar-refractivity contribution in [1.82, 2.24) is 24.6 Å². The van der Waals surface area contributed by atoms with Crippen molar-refractivity contribution in [2.75, 3.05) is 19.7 Å². The normalized spacial score (nSPS) is 17.7. The molecule has 4 heterocycles. The molecule has 0 saturated carbocycles. The van der Waals surface area contributed by atoms with Crippen LogP contribution in [0.2, 0.25) is 0 Å². The second-order valence-corrected chi connectivity index (χ2v) is 8.12. The van der Waals surface area contributed by atoms with Gasteiger partial charge in [-0.1, -0.05) is 30.3 Å². The molecule has 7 nitrogen and oxygen atoms in total. The van der Waals surface area contributed by atoms with E-state index in [0.717, 1.165) is 47.6 Å². The third-order valence-corrected chi connectivity index (χ3v) is 6.18. The Balaban J connectivity index is 1.41. The third kappa shape index (κ3) is 3.19. The lowest BCUT2D eigenvalue weighted by Crippen LogP contribution is -2.49. The monoisotopic (exact) mass is 403 g/mol. The maximum absolute atomic E-state index is 13.0. The zero-order chi connectivity index (χ0) is 20.7. The van der Waals surface area contributed by atoms with Crippen molar-refractivity contribution in [3.05, 3.63) is 65.2 Å². The zero-order valence-corrected chi connectivity index (χ0v) is 17.3. The SMILES string of the molecule is Cc1nn(C)cc1C(=O)N1CCC2(CC1)OCCc1cnc(-c3ccccc3)nc12. The molecule has 3 aromatic rings. The van der Waals surface area contributed by atoms with Gasteiger partial charge in [-0.25, -0.2) is 9.97 Å². The molecule has 1 amide bonds. The number of likely N-dealkylation sites (tertiary alicyclic amines) is 1. The van der Waals surface area contributed by atoms with Gasteiger partial charge in [0.1, 0.15) is 5.60 Å². The van der Waals surface area contributed by atoms with Gasteiger partial charge in [0.2, 0.25) is 0 Å². The summed E-state index contributed by atoms with van der Waals surface area (Å²) < 4.78 is 8.03. The highest BCUT2D eigenvalue weighted by Crippen LogP contribution is 2.41. The van der Waals surface area contributed by atoms with E-state index in [1.165, 1.54) is 0 Å². The lowest BCUT2D eigenvalue weighted by molar-refractivity contribution is -0.0967. The van der Waals surface area contributed by atoms with Gasteiger partial charge < -0.3 is 9.64 Å². The fourth-order valence-electron chi connectivity index (χ4n) is 4.57. The molecule has 0 radical (unpaired) electrons. The third-order valence-electron chi connectivity index (χ3n) is 6.18. The molecular weight excluding hydrogens is 378 g/mol. The number of piperidine rings is 1. The second-order valence-electron chi connectivity index (χ2n) is 8.12. The number of ether oxygens (including phenoxy) is 1. The highest BCUT2D eigenvalue weighted by atomic mass is 16.5. The van der Waals surface area contributed by atoms with Crippen LogP contribution in [0.5, 0.6) is 0 Å². The highest BCUT2D eigenvalue weighted by Gasteiger charge is 2.43. The van der Waals surface area contributed by atoms with Gasteiger partial charge in [-0.3, -0.25) is 9.48 Å². The van der Waals surface area contributed by atoms with Crippen molar-refractivity contribution >= 4 is 5.91 Å². The summed E-state index contributed by atoms with van der Waals surface area (Å²) in [6, 6.07) is 10.0. The van der Waals surface area contributed by atoms with Crippen LogP contribution in [0.1, 0.15) is 40.2 Å². The van der Waals surface area contributed by atoms with Gasteiger partial charge >= 0.3 is 0 Å². The Labute approximate surface area is 175 Å².